The molecular weight excluding hydrogens is 369 g/mol. The van der Waals surface area contributed by atoms with Crippen LogP contribution in [0.2, 0.25) is 0 Å². The van der Waals surface area contributed by atoms with Crippen molar-refractivity contribution in [1.82, 2.24) is 0 Å². The second kappa shape index (κ2) is 12.6. The maximum Gasteiger partial charge on any atom is 0.200 e. The predicted octanol–water partition coefficient (Wildman–Crippen LogP) is 6.25. The Hall–Kier alpha value is -2.73. The molecule has 1 N–H and O–H groups in total. The fraction of sp³-hybridized carbons (Fsp3) is 0.273. The molecule has 2 atom stereocenters. The molecule has 0 heterocycles. The average molecular weight is 396 g/mol. The lowest BCUT2D eigenvalue weighted by atomic mass is 10.0. The zero-order valence-corrected chi connectivity index (χ0v) is 16.5. The molecule has 0 bridgehead atoms. The first-order valence-corrected chi connectivity index (χ1v) is 8.43. The number of hydrogen-bond acceptors (Lipinski definition) is 3. The normalized spacial score (nSPS) is 13.8. The monoisotopic (exact) mass is 396 g/mol. The van der Waals surface area contributed by atoms with Gasteiger partial charge >= 0.3 is 0 Å². The smallest absolute Gasteiger partial charge is 0.200 e. The molecule has 0 amide bonds. The summed E-state index contributed by atoms with van der Waals surface area (Å²) in [6.07, 6.45) is 2.73. The Balaban J connectivity index is 0.00000352. The van der Waals surface area contributed by atoms with E-state index in [9.17, 15) is 18.3 Å². The lowest BCUT2D eigenvalue weighted by Crippen LogP contribution is -2.14. The number of rotatable bonds is 9. The molecule has 1 aromatic rings. The standard InChI is InChI=1S/C20H23F3O3.C2H4/c1-12(14(3)19(22)20(23)15(4)25-5)11-26-13(2)6-7-16-8-9-17(24)10-18(16)21;1-2/h6-10,12-13,24H,3-4,11H2,1-2,5H3;1-2H2/b7-6+,20-19-;. The molecule has 6 heteroatoms. The minimum absolute atomic E-state index is 0.0681. The summed E-state index contributed by atoms with van der Waals surface area (Å²) in [4.78, 5) is 0. The number of methoxy groups -OCH3 is 1. The SMILES string of the molecule is C=C.C=C(OC)/C(F)=C(/F)C(=C)C(C)COC(C)/C=C/c1ccc(O)cc1F. The van der Waals surface area contributed by atoms with Crippen LogP contribution in [0.5, 0.6) is 5.75 Å². The quantitative estimate of drug-likeness (QED) is 0.304. The third-order valence-corrected chi connectivity index (χ3v) is 3.70. The van der Waals surface area contributed by atoms with Gasteiger partial charge in [0.15, 0.2) is 11.7 Å². The van der Waals surface area contributed by atoms with Crippen LogP contribution in [0, 0.1) is 11.7 Å². The van der Waals surface area contributed by atoms with Crippen LogP contribution in [0.25, 0.3) is 6.08 Å². The number of allylic oxidation sites excluding steroid dienone is 2. The zero-order chi connectivity index (χ0) is 21.9. The molecule has 1 aromatic carbocycles. The average Bonchev–Trinajstić information content (AvgIpc) is 2.70. The summed E-state index contributed by atoms with van der Waals surface area (Å²) >= 11 is 0. The topological polar surface area (TPSA) is 38.7 Å². The van der Waals surface area contributed by atoms with E-state index in [4.69, 9.17) is 4.74 Å². The molecule has 0 spiro atoms. The first-order valence-electron chi connectivity index (χ1n) is 8.43. The summed E-state index contributed by atoms with van der Waals surface area (Å²) in [5, 5.41) is 9.17. The Morgan fingerprint density at radius 3 is 2.32 bits per heavy atom. The summed E-state index contributed by atoms with van der Waals surface area (Å²) in [7, 11) is 1.19. The molecule has 0 aromatic heterocycles. The highest BCUT2D eigenvalue weighted by Gasteiger charge is 2.19. The molecule has 154 valence electrons. The highest BCUT2D eigenvalue weighted by molar-refractivity contribution is 5.51. The number of hydrogen-bond donors (Lipinski definition) is 1. The minimum atomic E-state index is -1.19. The molecular formula is C22H27F3O3. The van der Waals surface area contributed by atoms with E-state index in [-0.39, 0.29) is 17.9 Å². The Labute approximate surface area is 164 Å². The van der Waals surface area contributed by atoms with Crippen LogP contribution >= 0.6 is 0 Å². The number of ether oxygens (including phenoxy) is 2. The van der Waals surface area contributed by atoms with Gasteiger partial charge in [-0.1, -0.05) is 32.2 Å². The maximum absolute atomic E-state index is 14.0. The number of phenols is 1. The molecule has 28 heavy (non-hydrogen) atoms. The highest BCUT2D eigenvalue weighted by atomic mass is 19.2. The molecule has 0 saturated carbocycles. The Bertz CT molecular complexity index is 739. The van der Waals surface area contributed by atoms with Crippen molar-refractivity contribution in [2.24, 2.45) is 5.92 Å². The van der Waals surface area contributed by atoms with Crippen molar-refractivity contribution in [3.8, 4) is 5.75 Å². The van der Waals surface area contributed by atoms with Gasteiger partial charge in [-0.05, 0) is 24.6 Å². The molecule has 0 aliphatic rings. The van der Waals surface area contributed by atoms with Crippen molar-refractivity contribution in [2.45, 2.75) is 20.0 Å². The molecule has 0 saturated heterocycles. The van der Waals surface area contributed by atoms with Crippen molar-refractivity contribution in [3.63, 3.8) is 0 Å². The molecule has 3 nitrogen and oxygen atoms in total. The summed E-state index contributed by atoms with van der Waals surface area (Å²) in [6, 6.07) is 3.82. The number of benzene rings is 1. The fourth-order valence-corrected chi connectivity index (χ4v) is 1.91. The van der Waals surface area contributed by atoms with E-state index >= 15 is 0 Å². The largest absolute Gasteiger partial charge is 0.508 e. The van der Waals surface area contributed by atoms with Crippen LogP contribution in [0.3, 0.4) is 0 Å². The predicted molar refractivity (Wildman–Crippen MR) is 107 cm³/mol. The van der Waals surface area contributed by atoms with Gasteiger partial charge < -0.3 is 14.6 Å². The van der Waals surface area contributed by atoms with Gasteiger partial charge in [-0.3, -0.25) is 0 Å². The van der Waals surface area contributed by atoms with Crippen LogP contribution in [0.15, 0.2) is 73.6 Å². The molecule has 0 fully saturated rings. The summed E-state index contributed by atoms with van der Waals surface area (Å²) in [5.74, 6) is -3.94. The van der Waals surface area contributed by atoms with Crippen LogP contribution in [-0.2, 0) is 9.47 Å². The van der Waals surface area contributed by atoms with Gasteiger partial charge in [-0.15, -0.1) is 13.2 Å². The minimum Gasteiger partial charge on any atom is -0.508 e. The van der Waals surface area contributed by atoms with E-state index < -0.39 is 35.3 Å². The number of aromatic hydroxyl groups is 1. The first-order chi connectivity index (χ1) is 13.2. The second-order valence-corrected chi connectivity index (χ2v) is 5.78. The van der Waals surface area contributed by atoms with Gasteiger partial charge in [-0.25, -0.2) is 8.78 Å². The third kappa shape index (κ3) is 7.88. The summed E-state index contributed by atoms with van der Waals surface area (Å²) in [6.45, 7) is 16.2. The molecule has 0 aliphatic carbocycles. The summed E-state index contributed by atoms with van der Waals surface area (Å²) in [5.41, 5.74) is 0.228. The van der Waals surface area contributed by atoms with Gasteiger partial charge in [-0.2, -0.15) is 4.39 Å². The van der Waals surface area contributed by atoms with Gasteiger partial charge in [0.1, 0.15) is 17.3 Å². The van der Waals surface area contributed by atoms with Gasteiger partial charge in [0.2, 0.25) is 0 Å². The highest BCUT2D eigenvalue weighted by Crippen LogP contribution is 2.27. The number of phenolic OH excluding ortho intramolecular Hbond substituents is 1. The van der Waals surface area contributed by atoms with Crippen molar-refractivity contribution >= 4 is 6.08 Å². The van der Waals surface area contributed by atoms with Gasteiger partial charge in [0, 0.05) is 17.5 Å². The van der Waals surface area contributed by atoms with E-state index in [1.807, 2.05) is 0 Å². The zero-order valence-electron chi connectivity index (χ0n) is 16.5. The van der Waals surface area contributed by atoms with Crippen LogP contribution < -0.4 is 0 Å². The van der Waals surface area contributed by atoms with Gasteiger partial charge in [0.05, 0.1) is 19.8 Å². The van der Waals surface area contributed by atoms with Crippen molar-refractivity contribution < 1.29 is 27.8 Å². The lowest BCUT2D eigenvalue weighted by Gasteiger charge is -2.17. The van der Waals surface area contributed by atoms with E-state index in [1.54, 1.807) is 19.9 Å². The lowest BCUT2D eigenvalue weighted by molar-refractivity contribution is 0.0801. The Morgan fingerprint density at radius 2 is 1.79 bits per heavy atom. The summed E-state index contributed by atoms with van der Waals surface area (Å²) < 4.78 is 51.4. The molecule has 0 radical (unpaired) electrons. The van der Waals surface area contributed by atoms with Crippen LogP contribution in [0.1, 0.15) is 19.4 Å². The second-order valence-electron chi connectivity index (χ2n) is 5.78. The molecule has 0 aliphatic heterocycles. The molecule has 2 unspecified atom stereocenters. The third-order valence-electron chi connectivity index (χ3n) is 3.70. The Morgan fingerprint density at radius 1 is 1.18 bits per heavy atom. The van der Waals surface area contributed by atoms with E-state index in [0.717, 1.165) is 6.07 Å². The molecule has 1 rings (SSSR count). The van der Waals surface area contributed by atoms with Crippen LogP contribution in [-0.4, -0.2) is 24.9 Å². The van der Waals surface area contributed by atoms with Crippen molar-refractivity contribution in [2.75, 3.05) is 13.7 Å². The van der Waals surface area contributed by atoms with Crippen LogP contribution in [0.4, 0.5) is 13.2 Å². The maximum atomic E-state index is 14.0. The number of halogens is 3. The van der Waals surface area contributed by atoms with Crippen molar-refractivity contribution in [3.05, 3.63) is 85.0 Å². The van der Waals surface area contributed by atoms with E-state index in [2.05, 4.69) is 31.1 Å². The van der Waals surface area contributed by atoms with E-state index in [1.165, 1.54) is 25.3 Å². The Kier molecular flexibility index (Phi) is 11.4. The van der Waals surface area contributed by atoms with Crippen molar-refractivity contribution in [1.29, 1.82) is 0 Å². The first kappa shape index (κ1) is 25.3. The van der Waals surface area contributed by atoms with E-state index in [0.29, 0.717) is 5.56 Å². The fourth-order valence-electron chi connectivity index (χ4n) is 1.91. The van der Waals surface area contributed by atoms with Gasteiger partial charge in [0.25, 0.3) is 0 Å².